The van der Waals surface area contributed by atoms with Gasteiger partial charge in [0.05, 0.1) is 0 Å². The second-order valence-electron chi connectivity index (χ2n) is 2.61. The van der Waals surface area contributed by atoms with Gasteiger partial charge in [-0.05, 0) is 24.6 Å². The summed E-state index contributed by atoms with van der Waals surface area (Å²) in [7, 11) is 0. The lowest BCUT2D eigenvalue weighted by atomic mass is 10.1. The summed E-state index contributed by atoms with van der Waals surface area (Å²) < 4.78 is 13.1. The van der Waals surface area contributed by atoms with Crippen molar-refractivity contribution in [1.82, 2.24) is 0 Å². The van der Waals surface area contributed by atoms with Gasteiger partial charge in [0.15, 0.2) is 0 Å². The van der Waals surface area contributed by atoms with E-state index < -0.39 is 0 Å². The fourth-order valence-electron chi connectivity index (χ4n) is 1.02. The lowest BCUT2D eigenvalue weighted by Gasteiger charge is -2.03. The van der Waals surface area contributed by atoms with Crippen molar-refractivity contribution in [3.8, 4) is 0 Å². The molecule has 0 aliphatic heterocycles. The van der Waals surface area contributed by atoms with Crippen LogP contribution in [0.3, 0.4) is 0 Å². The first-order valence-corrected chi connectivity index (χ1v) is 3.98. The average Bonchev–Trinajstić information content (AvgIpc) is 2.17. The molecule has 0 aliphatic rings. The van der Waals surface area contributed by atoms with Crippen molar-refractivity contribution < 1.29 is 14.5 Å². The first kappa shape index (κ1) is 9.74. The first-order valence-electron chi connectivity index (χ1n) is 3.98. The van der Waals surface area contributed by atoms with Crippen LogP contribution in [-0.4, -0.2) is 5.26 Å². The molecule has 0 radical (unpaired) electrons. The molecule has 0 saturated carbocycles. The highest BCUT2D eigenvalue weighted by atomic mass is 19.1. The van der Waals surface area contributed by atoms with Crippen molar-refractivity contribution in [3.05, 3.63) is 47.5 Å². The van der Waals surface area contributed by atoms with Crippen LogP contribution in [0.5, 0.6) is 0 Å². The average molecular weight is 182 g/mol. The van der Waals surface area contributed by atoms with Crippen LogP contribution in [0.4, 0.5) is 4.39 Å². The number of benzene rings is 1. The zero-order valence-corrected chi connectivity index (χ0v) is 7.33. The van der Waals surface area contributed by atoms with Gasteiger partial charge in [-0.1, -0.05) is 18.2 Å². The molecule has 0 saturated heterocycles. The van der Waals surface area contributed by atoms with Gasteiger partial charge in [-0.3, -0.25) is 0 Å². The Morgan fingerprint density at radius 3 is 2.77 bits per heavy atom. The summed E-state index contributed by atoms with van der Waals surface area (Å²) in [5.41, 5.74) is 0.504. The molecule has 13 heavy (non-hydrogen) atoms. The summed E-state index contributed by atoms with van der Waals surface area (Å²) in [6.07, 6.45) is 1.85. The topological polar surface area (TPSA) is 29.5 Å². The summed E-state index contributed by atoms with van der Waals surface area (Å²) >= 11 is 0. The highest BCUT2D eigenvalue weighted by Crippen LogP contribution is 2.12. The van der Waals surface area contributed by atoms with Crippen LogP contribution in [0.25, 0.3) is 0 Å². The van der Waals surface area contributed by atoms with Gasteiger partial charge in [-0.15, -0.1) is 0 Å². The Kier molecular flexibility index (Phi) is 3.46. The number of allylic oxidation sites excluding steroid dienone is 2. The molecule has 0 heterocycles. The van der Waals surface area contributed by atoms with E-state index in [-0.39, 0.29) is 12.2 Å². The SMILES string of the molecule is CC=C(Cc1ccccc1F)OO. The molecule has 0 unspecified atom stereocenters. The molecule has 0 atom stereocenters. The maximum atomic E-state index is 13.1. The Morgan fingerprint density at radius 1 is 1.54 bits per heavy atom. The van der Waals surface area contributed by atoms with E-state index in [0.29, 0.717) is 11.3 Å². The second kappa shape index (κ2) is 4.62. The minimum atomic E-state index is -0.293. The summed E-state index contributed by atoms with van der Waals surface area (Å²) in [6, 6.07) is 6.38. The quantitative estimate of drug-likeness (QED) is 0.442. The van der Waals surface area contributed by atoms with E-state index in [0.717, 1.165) is 0 Å². The predicted octanol–water partition coefficient (Wildman–Crippen LogP) is 2.76. The van der Waals surface area contributed by atoms with Gasteiger partial charge in [0, 0.05) is 6.42 Å². The highest BCUT2D eigenvalue weighted by molar-refractivity contribution is 5.21. The molecule has 1 N–H and O–H groups in total. The van der Waals surface area contributed by atoms with E-state index in [4.69, 9.17) is 5.26 Å². The van der Waals surface area contributed by atoms with Gasteiger partial charge >= 0.3 is 0 Å². The highest BCUT2D eigenvalue weighted by Gasteiger charge is 2.04. The molecule has 0 fully saturated rings. The van der Waals surface area contributed by atoms with Gasteiger partial charge in [0.25, 0.3) is 0 Å². The van der Waals surface area contributed by atoms with Crippen molar-refractivity contribution in [1.29, 1.82) is 0 Å². The van der Waals surface area contributed by atoms with Crippen LogP contribution in [0.2, 0.25) is 0 Å². The minimum absolute atomic E-state index is 0.264. The van der Waals surface area contributed by atoms with Crippen LogP contribution in [-0.2, 0) is 11.3 Å². The van der Waals surface area contributed by atoms with E-state index in [1.807, 2.05) is 0 Å². The summed E-state index contributed by atoms with van der Waals surface area (Å²) in [5.74, 6) is 0.0454. The van der Waals surface area contributed by atoms with E-state index in [1.165, 1.54) is 6.07 Å². The fraction of sp³-hybridized carbons (Fsp3) is 0.200. The molecule has 0 aliphatic carbocycles. The van der Waals surface area contributed by atoms with Crippen LogP contribution in [0.1, 0.15) is 12.5 Å². The monoisotopic (exact) mass is 182 g/mol. The van der Waals surface area contributed by atoms with E-state index in [9.17, 15) is 4.39 Å². The third kappa shape index (κ3) is 2.56. The van der Waals surface area contributed by atoms with Gasteiger partial charge in [0.2, 0.25) is 0 Å². The van der Waals surface area contributed by atoms with Crippen LogP contribution in [0, 0.1) is 5.82 Å². The molecule has 0 aromatic heterocycles. The Bertz CT molecular complexity index is 308. The van der Waals surface area contributed by atoms with Crippen molar-refractivity contribution in [3.63, 3.8) is 0 Å². The maximum absolute atomic E-state index is 13.1. The molecule has 0 amide bonds. The Morgan fingerprint density at radius 2 is 2.23 bits per heavy atom. The molecule has 0 spiro atoms. The fourth-order valence-corrected chi connectivity index (χ4v) is 1.02. The number of halogens is 1. The number of hydrogen-bond acceptors (Lipinski definition) is 2. The molecule has 70 valence electrons. The van der Waals surface area contributed by atoms with Gasteiger partial charge < -0.3 is 4.89 Å². The molecular weight excluding hydrogens is 171 g/mol. The molecular formula is C10H11FO2. The standard InChI is InChI=1S/C10H11FO2/c1-2-9(13-12)7-8-5-3-4-6-10(8)11/h2-6,12H,7H2,1H3. The van der Waals surface area contributed by atoms with Gasteiger partial charge in [-0.25, -0.2) is 9.65 Å². The van der Waals surface area contributed by atoms with Crippen molar-refractivity contribution >= 4 is 0 Å². The molecule has 0 bridgehead atoms. The predicted molar refractivity (Wildman–Crippen MR) is 47.6 cm³/mol. The number of hydrogen-bond donors (Lipinski definition) is 1. The third-order valence-corrected chi connectivity index (χ3v) is 1.76. The Balaban J connectivity index is 2.80. The Labute approximate surface area is 76.2 Å². The van der Waals surface area contributed by atoms with Crippen LogP contribution in [0.15, 0.2) is 36.1 Å². The lowest BCUT2D eigenvalue weighted by Crippen LogP contribution is -1.95. The van der Waals surface area contributed by atoms with Gasteiger partial charge in [-0.2, -0.15) is 0 Å². The second-order valence-corrected chi connectivity index (χ2v) is 2.61. The molecule has 1 rings (SSSR count). The molecule has 1 aromatic rings. The van der Waals surface area contributed by atoms with Crippen molar-refractivity contribution in [2.75, 3.05) is 0 Å². The molecule has 3 heteroatoms. The van der Waals surface area contributed by atoms with Crippen LogP contribution < -0.4 is 0 Å². The summed E-state index contributed by atoms with van der Waals surface area (Å²) in [4.78, 5) is 4.05. The summed E-state index contributed by atoms with van der Waals surface area (Å²) in [6.45, 7) is 1.71. The van der Waals surface area contributed by atoms with Crippen LogP contribution >= 0.6 is 0 Å². The molecule has 1 aromatic carbocycles. The minimum Gasteiger partial charge on any atom is -0.345 e. The van der Waals surface area contributed by atoms with E-state index in [1.54, 1.807) is 31.2 Å². The smallest absolute Gasteiger partial charge is 0.142 e. The molecule has 2 nitrogen and oxygen atoms in total. The van der Waals surface area contributed by atoms with E-state index in [2.05, 4.69) is 4.89 Å². The largest absolute Gasteiger partial charge is 0.345 e. The maximum Gasteiger partial charge on any atom is 0.142 e. The van der Waals surface area contributed by atoms with E-state index >= 15 is 0 Å². The third-order valence-electron chi connectivity index (χ3n) is 1.76. The summed E-state index contributed by atoms with van der Waals surface area (Å²) in [5, 5.41) is 8.39. The van der Waals surface area contributed by atoms with Crippen molar-refractivity contribution in [2.45, 2.75) is 13.3 Å². The first-order chi connectivity index (χ1) is 6.27. The zero-order chi connectivity index (χ0) is 9.68. The van der Waals surface area contributed by atoms with Gasteiger partial charge in [0.1, 0.15) is 11.6 Å². The van der Waals surface area contributed by atoms with Crippen molar-refractivity contribution in [2.24, 2.45) is 0 Å². The lowest BCUT2D eigenvalue weighted by molar-refractivity contribution is -0.204. The zero-order valence-electron chi connectivity index (χ0n) is 7.33. The normalized spacial score (nSPS) is 11.5. The Hall–Kier alpha value is -1.35. The number of rotatable bonds is 3.